The highest BCUT2D eigenvalue weighted by atomic mass is 32.2. The van der Waals surface area contributed by atoms with Crippen LogP contribution in [0.4, 0.5) is 0 Å². The molecule has 0 aromatic heterocycles. The quantitative estimate of drug-likeness (QED) is 0.692. The molecule has 3 aliphatic rings. The third kappa shape index (κ3) is 4.77. The maximum absolute atomic E-state index is 13.4. The van der Waals surface area contributed by atoms with Crippen molar-refractivity contribution in [2.45, 2.75) is 89.1 Å². The van der Waals surface area contributed by atoms with Crippen molar-refractivity contribution in [2.24, 2.45) is 5.92 Å². The zero-order chi connectivity index (χ0) is 21.1. The summed E-state index contributed by atoms with van der Waals surface area (Å²) in [5.74, 6) is 0.434. The second-order valence-electron chi connectivity index (χ2n) is 9.25. The van der Waals surface area contributed by atoms with E-state index in [1.165, 1.54) is 43.2 Å². The lowest BCUT2D eigenvalue weighted by atomic mass is 9.86. The molecular weight excluding hydrogens is 392 g/mol. The van der Waals surface area contributed by atoms with Crippen LogP contribution in [0.15, 0.2) is 35.2 Å². The smallest absolute Gasteiger partial charge is 0.261 e. The van der Waals surface area contributed by atoms with Crippen molar-refractivity contribution in [2.75, 3.05) is 0 Å². The first-order valence-corrected chi connectivity index (χ1v) is 12.4. The van der Waals surface area contributed by atoms with Gasteiger partial charge in [-0.3, -0.25) is 9.59 Å². The highest BCUT2D eigenvalue weighted by Crippen LogP contribution is 2.42. The third-order valence-corrected chi connectivity index (χ3v) is 8.52. The number of fused-ring (bicyclic) bond motifs is 1. The average molecular weight is 427 g/mol. The van der Waals surface area contributed by atoms with Crippen LogP contribution < -0.4 is 5.32 Å². The number of nitrogens with one attached hydrogen (secondary N) is 1. The number of benzene rings is 1. The van der Waals surface area contributed by atoms with Crippen LogP contribution in [0.25, 0.3) is 0 Å². The van der Waals surface area contributed by atoms with E-state index in [0.29, 0.717) is 22.6 Å². The van der Waals surface area contributed by atoms with Gasteiger partial charge in [-0.25, -0.2) is 0 Å². The molecule has 4 nitrogen and oxygen atoms in total. The van der Waals surface area contributed by atoms with Gasteiger partial charge in [0.25, 0.3) is 5.91 Å². The Morgan fingerprint density at radius 2 is 1.87 bits per heavy atom. The van der Waals surface area contributed by atoms with Gasteiger partial charge in [0.2, 0.25) is 5.91 Å². The molecule has 1 aromatic carbocycles. The number of nitrogens with zero attached hydrogens (tertiary/aromatic N) is 1. The second kappa shape index (κ2) is 9.59. The second-order valence-corrected chi connectivity index (χ2v) is 10.5. The largest absolute Gasteiger partial charge is 0.350 e. The molecule has 162 valence electrons. The molecule has 4 atom stereocenters. The van der Waals surface area contributed by atoms with Crippen molar-refractivity contribution in [3.63, 3.8) is 0 Å². The fraction of sp³-hybridized carbons (Fsp3) is 0.600. The first kappa shape index (κ1) is 21.5. The van der Waals surface area contributed by atoms with Crippen LogP contribution in [-0.2, 0) is 16.1 Å². The van der Waals surface area contributed by atoms with E-state index in [1.54, 1.807) is 17.8 Å². The van der Waals surface area contributed by atoms with Gasteiger partial charge in [0, 0.05) is 30.0 Å². The fourth-order valence-electron chi connectivity index (χ4n) is 5.21. The lowest BCUT2D eigenvalue weighted by molar-refractivity contribution is -0.130. The van der Waals surface area contributed by atoms with Gasteiger partial charge < -0.3 is 10.2 Å². The van der Waals surface area contributed by atoms with Gasteiger partial charge in [0.1, 0.15) is 0 Å². The lowest BCUT2D eigenvalue weighted by Gasteiger charge is -2.44. The summed E-state index contributed by atoms with van der Waals surface area (Å²) in [5.41, 5.74) is 2.41. The van der Waals surface area contributed by atoms with E-state index in [2.05, 4.69) is 31.3 Å². The van der Waals surface area contributed by atoms with Gasteiger partial charge in [0.05, 0.1) is 4.91 Å². The summed E-state index contributed by atoms with van der Waals surface area (Å²) in [6.07, 6.45) is 10.8. The molecule has 1 aliphatic heterocycles. The molecule has 5 heteroatoms. The highest BCUT2D eigenvalue weighted by molar-refractivity contribution is 8.04. The molecule has 2 amide bonds. The van der Waals surface area contributed by atoms with E-state index >= 15 is 0 Å². The molecule has 30 heavy (non-hydrogen) atoms. The van der Waals surface area contributed by atoms with Crippen molar-refractivity contribution in [1.29, 1.82) is 0 Å². The minimum Gasteiger partial charge on any atom is -0.350 e. The standard InChI is InChI=1S/C25H34N2O2S/c1-17-9-3-5-11-19(17)16-27-21-13-7-8-14-22(21)30-23(25(27)29)15-24(28)26-20-12-6-4-10-18(20)2/h3,5,9,11,15,18,20-22H,4,6-8,10,12-14,16H2,1-2H3,(H,26,28)/b23-15-. The topological polar surface area (TPSA) is 49.4 Å². The van der Waals surface area contributed by atoms with Gasteiger partial charge in [-0.15, -0.1) is 11.8 Å². The Kier molecular flexibility index (Phi) is 6.87. The van der Waals surface area contributed by atoms with Gasteiger partial charge in [-0.2, -0.15) is 0 Å². The number of hydrogen-bond donors (Lipinski definition) is 1. The first-order valence-electron chi connectivity index (χ1n) is 11.6. The fourth-order valence-corrected chi connectivity index (χ4v) is 6.65. The molecule has 4 unspecified atom stereocenters. The average Bonchev–Trinajstić information content (AvgIpc) is 2.74. The Morgan fingerprint density at radius 1 is 1.13 bits per heavy atom. The van der Waals surface area contributed by atoms with E-state index in [-0.39, 0.29) is 23.9 Å². The predicted molar refractivity (Wildman–Crippen MR) is 123 cm³/mol. The van der Waals surface area contributed by atoms with Crippen molar-refractivity contribution in [1.82, 2.24) is 10.2 Å². The molecule has 2 saturated carbocycles. The summed E-state index contributed by atoms with van der Waals surface area (Å²) in [5, 5.41) is 3.58. The van der Waals surface area contributed by atoms with Gasteiger partial charge in [-0.1, -0.05) is 56.9 Å². The number of thioether (sulfide) groups is 1. The van der Waals surface area contributed by atoms with E-state index in [1.807, 2.05) is 17.0 Å². The van der Waals surface area contributed by atoms with E-state index in [0.717, 1.165) is 19.3 Å². The third-order valence-electron chi connectivity index (χ3n) is 7.12. The molecule has 1 N–H and O–H groups in total. The Balaban J connectivity index is 1.53. The summed E-state index contributed by atoms with van der Waals surface area (Å²) in [6.45, 7) is 4.95. The van der Waals surface area contributed by atoms with Crippen molar-refractivity contribution < 1.29 is 9.59 Å². The predicted octanol–water partition coefficient (Wildman–Crippen LogP) is 4.96. The van der Waals surface area contributed by atoms with E-state index in [4.69, 9.17) is 0 Å². The molecule has 4 rings (SSSR count). The van der Waals surface area contributed by atoms with Crippen LogP contribution in [0.2, 0.25) is 0 Å². The molecule has 2 aliphatic carbocycles. The summed E-state index contributed by atoms with van der Waals surface area (Å²) in [4.78, 5) is 28.9. The Morgan fingerprint density at radius 3 is 2.67 bits per heavy atom. The van der Waals surface area contributed by atoms with E-state index < -0.39 is 0 Å². The molecule has 3 fully saturated rings. The summed E-state index contributed by atoms with van der Waals surface area (Å²) < 4.78 is 0. The van der Waals surface area contributed by atoms with Crippen LogP contribution in [-0.4, -0.2) is 34.0 Å². The first-order chi connectivity index (χ1) is 14.5. The number of aryl methyl sites for hydroxylation is 1. The molecule has 0 radical (unpaired) electrons. The van der Waals surface area contributed by atoms with Crippen molar-refractivity contribution >= 4 is 23.6 Å². The van der Waals surface area contributed by atoms with Gasteiger partial charge in [-0.05, 0) is 49.7 Å². The molecule has 1 heterocycles. The maximum Gasteiger partial charge on any atom is 0.261 e. The number of carbonyl (C=O) groups excluding carboxylic acids is 2. The van der Waals surface area contributed by atoms with Crippen LogP contribution in [0, 0.1) is 12.8 Å². The van der Waals surface area contributed by atoms with Gasteiger partial charge in [0.15, 0.2) is 0 Å². The molecule has 1 aromatic rings. The monoisotopic (exact) mass is 426 g/mol. The minimum absolute atomic E-state index is 0.0262. The number of amides is 2. The zero-order valence-electron chi connectivity index (χ0n) is 18.2. The van der Waals surface area contributed by atoms with Crippen molar-refractivity contribution in [3.8, 4) is 0 Å². The molecule has 1 saturated heterocycles. The van der Waals surface area contributed by atoms with Crippen LogP contribution in [0.5, 0.6) is 0 Å². The zero-order valence-corrected chi connectivity index (χ0v) is 19.0. The van der Waals surface area contributed by atoms with Gasteiger partial charge >= 0.3 is 0 Å². The summed E-state index contributed by atoms with van der Waals surface area (Å²) >= 11 is 1.64. The molecular formula is C25H34N2O2S. The Bertz CT molecular complexity index is 821. The van der Waals surface area contributed by atoms with Crippen LogP contribution in [0.3, 0.4) is 0 Å². The Hall–Kier alpha value is -1.75. The summed E-state index contributed by atoms with van der Waals surface area (Å²) in [7, 11) is 0. The number of carbonyl (C=O) groups is 2. The SMILES string of the molecule is Cc1ccccc1CN1C(=O)/C(=C/C(=O)NC2CCCCC2C)SC2CCCCC21. The van der Waals surface area contributed by atoms with Crippen molar-refractivity contribution in [3.05, 3.63) is 46.4 Å². The number of rotatable bonds is 4. The normalized spacial score (nSPS) is 30.8. The number of hydrogen-bond acceptors (Lipinski definition) is 3. The highest BCUT2D eigenvalue weighted by Gasteiger charge is 2.40. The maximum atomic E-state index is 13.4. The van der Waals surface area contributed by atoms with Crippen LogP contribution >= 0.6 is 11.8 Å². The van der Waals surface area contributed by atoms with E-state index in [9.17, 15) is 9.59 Å². The lowest BCUT2D eigenvalue weighted by Crippen LogP contribution is -2.51. The summed E-state index contributed by atoms with van der Waals surface area (Å²) in [6, 6.07) is 8.80. The molecule has 0 spiro atoms. The molecule has 0 bridgehead atoms. The Labute approximate surface area is 184 Å². The minimum atomic E-state index is -0.102. The van der Waals surface area contributed by atoms with Crippen LogP contribution in [0.1, 0.15) is 69.4 Å².